The quantitative estimate of drug-likeness (QED) is 0.538. The van der Waals surface area contributed by atoms with Crippen molar-refractivity contribution in [2.45, 2.75) is 6.10 Å². The van der Waals surface area contributed by atoms with Crippen LogP contribution in [0.15, 0.2) is 36.5 Å². The third-order valence-electron chi connectivity index (χ3n) is 4.58. The summed E-state index contributed by atoms with van der Waals surface area (Å²) in [5, 5.41) is 11.6. The summed E-state index contributed by atoms with van der Waals surface area (Å²) < 4.78 is 17.8. The molecule has 0 spiro atoms. The molecule has 28 heavy (non-hydrogen) atoms. The first-order chi connectivity index (χ1) is 13.7. The van der Waals surface area contributed by atoms with Gasteiger partial charge in [-0.05, 0) is 30.3 Å². The molecular formula is C20H15ClN2O4S. The Bertz CT molecular complexity index is 1210. The maximum Gasteiger partial charge on any atom is 0.180 e. The van der Waals surface area contributed by atoms with Crippen LogP contribution in [0.5, 0.6) is 17.2 Å². The molecule has 5 rings (SSSR count). The van der Waals surface area contributed by atoms with Crippen LogP contribution in [0.1, 0.15) is 0 Å². The van der Waals surface area contributed by atoms with Crippen LogP contribution in [0.4, 0.5) is 0 Å². The second-order valence-corrected chi connectivity index (χ2v) is 7.83. The van der Waals surface area contributed by atoms with Crippen molar-refractivity contribution in [1.82, 2.24) is 9.97 Å². The normalized spacial score (nSPS) is 15.9. The Morgan fingerprint density at radius 2 is 2.21 bits per heavy atom. The summed E-state index contributed by atoms with van der Waals surface area (Å²) in [6.07, 6.45) is 1.33. The molecule has 3 heterocycles. The number of pyridine rings is 1. The number of aliphatic hydroxyl groups excluding tert-OH is 1. The van der Waals surface area contributed by atoms with Gasteiger partial charge in [-0.3, -0.25) is 4.98 Å². The van der Waals surface area contributed by atoms with Crippen LogP contribution in [-0.2, 0) is 0 Å². The molecule has 1 N–H and O–H groups in total. The molecule has 4 aromatic rings. The van der Waals surface area contributed by atoms with Gasteiger partial charge < -0.3 is 19.3 Å². The van der Waals surface area contributed by atoms with Gasteiger partial charge in [0, 0.05) is 16.0 Å². The first-order valence-electron chi connectivity index (χ1n) is 8.64. The van der Waals surface area contributed by atoms with E-state index in [1.807, 2.05) is 30.3 Å². The molecule has 0 radical (unpaired) electrons. The van der Waals surface area contributed by atoms with Gasteiger partial charge in [0.25, 0.3) is 0 Å². The molecule has 1 atom stereocenters. The molecule has 2 aromatic heterocycles. The molecule has 0 aliphatic carbocycles. The van der Waals surface area contributed by atoms with Gasteiger partial charge in [0.05, 0.1) is 30.9 Å². The minimum atomic E-state index is -0.353. The number of aromatic nitrogens is 2. The second kappa shape index (κ2) is 6.77. The molecule has 0 saturated heterocycles. The summed E-state index contributed by atoms with van der Waals surface area (Å²) in [6.45, 7) is 0.215. The average Bonchev–Trinajstić information content (AvgIpc) is 3.16. The van der Waals surface area contributed by atoms with Gasteiger partial charge in [-0.25, -0.2) is 4.98 Å². The fourth-order valence-electron chi connectivity index (χ4n) is 3.24. The lowest BCUT2D eigenvalue weighted by atomic mass is 10.1. The maximum atomic E-state index is 9.30. The van der Waals surface area contributed by atoms with Crippen molar-refractivity contribution in [3.05, 3.63) is 41.6 Å². The number of benzene rings is 2. The van der Waals surface area contributed by atoms with E-state index in [0.29, 0.717) is 28.9 Å². The first kappa shape index (κ1) is 17.5. The molecule has 6 nitrogen and oxygen atoms in total. The maximum absolute atomic E-state index is 9.30. The minimum absolute atomic E-state index is 0.0882. The molecule has 142 valence electrons. The monoisotopic (exact) mass is 414 g/mol. The Labute approximate surface area is 169 Å². The lowest BCUT2D eigenvalue weighted by Crippen LogP contribution is -2.32. The Balaban J connectivity index is 1.68. The van der Waals surface area contributed by atoms with Crippen molar-refractivity contribution in [3.63, 3.8) is 0 Å². The van der Waals surface area contributed by atoms with Crippen molar-refractivity contribution >= 4 is 44.1 Å². The van der Waals surface area contributed by atoms with Crippen LogP contribution in [0, 0.1) is 0 Å². The van der Waals surface area contributed by atoms with Gasteiger partial charge in [0.15, 0.2) is 17.6 Å². The van der Waals surface area contributed by atoms with Gasteiger partial charge in [-0.1, -0.05) is 11.6 Å². The number of ether oxygens (including phenoxy) is 3. The molecule has 1 aliphatic rings. The number of hydrogen-bond donors (Lipinski definition) is 1. The van der Waals surface area contributed by atoms with Crippen LogP contribution in [0.3, 0.4) is 0 Å². The molecule has 1 aliphatic heterocycles. The number of nitrogens with zero attached hydrogens (tertiary/aromatic N) is 2. The predicted molar refractivity (Wildman–Crippen MR) is 109 cm³/mol. The van der Waals surface area contributed by atoms with Crippen molar-refractivity contribution in [1.29, 1.82) is 0 Å². The van der Waals surface area contributed by atoms with E-state index in [1.54, 1.807) is 13.3 Å². The summed E-state index contributed by atoms with van der Waals surface area (Å²) in [4.78, 5) is 9.32. The van der Waals surface area contributed by atoms with E-state index in [0.717, 1.165) is 31.7 Å². The molecule has 0 bridgehead atoms. The smallest absolute Gasteiger partial charge is 0.180 e. The first-order valence-corrected chi connectivity index (χ1v) is 9.83. The van der Waals surface area contributed by atoms with Crippen LogP contribution >= 0.6 is 22.9 Å². The van der Waals surface area contributed by atoms with Gasteiger partial charge in [-0.15, -0.1) is 11.3 Å². The molecule has 0 amide bonds. The van der Waals surface area contributed by atoms with Gasteiger partial charge in [-0.2, -0.15) is 0 Å². The second-order valence-electron chi connectivity index (χ2n) is 6.39. The Kier molecular flexibility index (Phi) is 4.23. The largest absolute Gasteiger partial charge is 0.495 e. The lowest BCUT2D eigenvalue weighted by Gasteiger charge is -2.25. The third kappa shape index (κ3) is 2.83. The highest BCUT2D eigenvalue weighted by molar-refractivity contribution is 7.22. The average molecular weight is 415 g/mol. The Morgan fingerprint density at radius 1 is 1.32 bits per heavy atom. The van der Waals surface area contributed by atoms with E-state index in [1.165, 1.54) is 11.3 Å². The van der Waals surface area contributed by atoms with E-state index in [9.17, 15) is 5.11 Å². The zero-order chi connectivity index (χ0) is 19.3. The van der Waals surface area contributed by atoms with Crippen LogP contribution in [0.25, 0.3) is 31.7 Å². The molecule has 0 saturated carbocycles. The summed E-state index contributed by atoms with van der Waals surface area (Å²) in [5.74, 6) is 1.95. The number of rotatable bonds is 3. The zero-order valence-electron chi connectivity index (χ0n) is 14.8. The highest BCUT2D eigenvalue weighted by Crippen LogP contribution is 2.44. The van der Waals surface area contributed by atoms with E-state index in [4.69, 9.17) is 30.8 Å². The van der Waals surface area contributed by atoms with Crippen molar-refractivity contribution in [2.24, 2.45) is 0 Å². The van der Waals surface area contributed by atoms with E-state index in [2.05, 4.69) is 4.98 Å². The van der Waals surface area contributed by atoms with E-state index in [-0.39, 0.29) is 12.7 Å². The van der Waals surface area contributed by atoms with Crippen LogP contribution in [-0.4, -0.2) is 41.5 Å². The predicted octanol–water partition coefficient (Wildman–Crippen LogP) is 4.31. The van der Waals surface area contributed by atoms with Crippen LogP contribution in [0.2, 0.25) is 5.02 Å². The van der Waals surface area contributed by atoms with E-state index < -0.39 is 0 Å². The molecule has 8 heteroatoms. The number of halogens is 1. The van der Waals surface area contributed by atoms with Crippen molar-refractivity contribution in [2.75, 3.05) is 20.3 Å². The summed E-state index contributed by atoms with van der Waals surface area (Å²) in [6, 6.07) is 9.34. The number of aliphatic hydroxyl groups is 1. The minimum Gasteiger partial charge on any atom is -0.495 e. The number of hydrogen-bond acceptors (Lipinski definition) is 7. The highest BCUT2D eigenvalue weighted by atomic mass is 35.5. The summed E-state index contributed by atoms with van der Waals surface area (Å²) in [5.41, 5.74) is 2.46. The van der Waals surface area contributed by atoms with Crippen molar-refractivity contribution in [3.8, 4) is 27.8 Å². The number of thiazole rings is 1. The van der Waals surface area contributed by atoms with E-state index >= 15 is 0 Å². The Morgan fingerprint density at radius 3 is 3.04 bits per heavy atom. The zero-order valence-corrected chi connectivity index (χ0v) is 16.4. The topological polar surface area (TPSA) is 73.7 Å². The summed E-state index contributed by atoms with van der Waals surface area (Å²) in [7, 11) is 1.61. The third-order valence-corrected chi connectivity index (χ3v) is 5.90. The Hall–Kier alpha value is -2.61. The SMILES string of the molecule is COc1cnc2c(-c3nc4ccc5c(c4s3)OC[C@H](CO)O5)cc(Cl)cc2c1. The van der Waals surface area contributed by atoms with Gasteiger partial charge in [0.1, 0.15) is 22.1 Å². The molecular weight excluding hydrogens is 400 g/mol. The molecule has 0 fully saturated rings. The number of methoxy groups -OCH3 is 1. The lowest BCUT2D eigenvalue weighted by molar-refractivity contribution is 0.0469. The summed E-state index contributed by atoms with van der Waals surface area (Å²) >= 11 is 7.85. The fraction of sp³-hybridized carbons (Fsp3) is 0.200. The molecule has 0 unspecified atom stereocenters. The van der Waals surface area contributed by atoms with Crippen LogP contribution < -0.4 is 14.2 Å². The molecule has 2 aromatic carbocycles. The van der Waals surface area contributed by atoms with Gasteiger partial charge >= 0.3 is 0 Å². The number of fused-ring (bicyclic) bond motifs is 4. The van der Waals surface area contributed by atoms with Gasteiger partial charge in [0.2, 0.25) is 0 Å². The van der Waals surface area contributed by atoms with Crippen molar-refractivity contribution < 1.29 is 19.3 Å². The fourth-order valence-corrected chi connectivity index (χ4v) is 4.54. The standard InChI is InChI=1S/C20H15ClN2O4S/c1-25-12-5-10-4-11(21)6-14(17(10)22-7-12)20-23-15-2-3-16-18(19(15)28-20)26-9-13(8-24)27-16/h2-7,13,24H,8-9H2,1H3/t13-/m0/s1. The highest BCUT2D eigenvalue weighted by Gasteiger charge is 2.24.